The minimum atomic E-state index is -0.462. The third-order valence-corrected chi connectivity index (χ3v) is 4.30. The number of rotatable bonds is 3. The summed E-state index contributed by atoms with van der Waals surface area (Å²) in [6.07, 6.45) is 9.02. The van der Waals surface area contributed by atoms with Gasteiger partial charge in [-0.3, -0.25) is 4.57 Å². The molecule has 0 radical (unpaired) electrons. The zero-order valence-electron chi connectivity index (χ0n) is 12.0. The Hall–Kier alpha value is -2.39. The number of benzene rings is 1. The molecule has 1 aliphatic carbocycles. The van der Waals surface area contributed by atoms with E-state index in [4.69, 9.17) is 0 Å². The molecular weight excluding hydrogens is 266 g/mol. The second kappa shape index (κ2) is 5.19. The molecule has 0 amide bonds. The van der Waals surface area contributed by atoms with E-state index >= 15 is 0 Å². The van der Waals surface area contributed by atoms with Crippen LogP contribution in [-0.2, 0) is 17.4 Å². The number of imidazole rings is 1. The van der Waals surface area contributed by atoms with Gasteiger partial charge in [-0.25, -0.2) is 9.59 Å². The van der Waals surface area contributed by atoms with Crippen LogP contribution in [0.1, 0.15) is 31.2 Å². The number of aliphatic imine (C=N–C) groups is 1. The fraction of sp³-hybridized carbons (Fsp3) is 0.375. The second-order valence-electron chi connectivity index (χ2n) is 5.55. The van der Waals surface area contributed by atoms with E-state index in [1.54, 1.807) is 30.1 Å². The van der Waals surface area contributed by atoms with Crippen LogP contribution in [0.2, 0.25) is 0 Å². The fourth-order valence-electron chi connectivity index (χ4n) is 3.12. The Morgan fingerprint density at radius 3 is 2.62 bits per heavy atom. The lowest BCUT2D eigenvalue weighted by Crippen LogP contribution is -2.22. The highest BCUT2D eigenvalue weighted by Crippen LogP contribution is 2.42. The lowest BCUT2D eigenvalue weighted by molar-refractivity contribution is 0.455. The van der Waals surface area contributed by atoms with E-state index in [0.717, 1.165) is 36.9 Å². The van der Waals surface area contributed by atoms with E-state index in [1.165, 1.54) is 4.57 Å². The summed E-state index contributed by atoms with van der Waals surface area (Å²) in [5.74, 6) is 0. The molecule has 0 spiro atoms. The van der Waals surface area contributed by atoms with Gasteiger partial charge in [0.2, 0.25) is 6.08 Å². The van der Waals surface area contributed by atoms with Crippen molar-refractivity contribution in [1.29, 1.82) is 0 Å². The number of nitrogens with zero attached hydrogens (tertiary/aromatic N) is 3. The van der Waals surface area contributed by atoms with E-state index in [1.807, 2.05) is 24.3 Å². The first kappa shape index (κ1) is 13.6. The summed E-state index contributed by atoms with van der Waals surface area (Å²) >= 11 is 0. The molecule has 0 bridgehead atoms. The third kappa shape index (κ3) is 2.26. The molecule has 0 unspecified atom stereocenters. The Morgan fingerprint density at radius 2 is 2.00 bits per heavy atom. The molecule has 1 aliphatic rings. The van der Waals surface area contributed by atoms with Crippen molar-refractivity contribution in [3.05, 3.63) is 52.7 Å². The highest BCUT2D eigenvalue weighted by Gasteiger charge is 2.35. The zero-order valence-corrected chi connectivity index (χ0v) is 12.0. The van der Waals surface area contributed by atoms with Crippen molar-refractivity contribution in [3.8, 4) is 5.69 Å². The van der Waals surface area contributed by atoms with E-state index < -0.39 is 5.54 Å². The van der Waals surface area contributed by atoms with Crippen molar-refractivity contribution >= 4 is 6.08 Å². The van der Waals surface area contributed by atoms with Gasteiger partial charge >= 0.3 is 5.69 Å². The average molecular weight is 283 g/mol. The van der Waals surface area contributed by atoms with Crippen LogP contribution in [-0.4, -0.2) is 15.2 Å². The predicted molar refractivity (Wildman–Crippen MR) is 79.3 cm³/mol. The highest BCUT2D eigenvalue weighted by molar-refractivity contribution is 5.43. The lowest BCUT2D eigenvalue weighted by atomic mass is 9.88. The number of isocyanates is 1. The Balaban J connectivity index is 2.10. The second-order valence-corrected chi connectivity index (χ2v) is 5.55. The van der Waals surface area contributed by atoms with Gasteiger partial charge in [0, 0.05) is 19.4 Å². The summed E-state index contributed by atoms with van der Waals surface area (Å²) in [5.41, 5.74) is 1.23. The zero-order chi connectivity index (χ0) is 14.9. The molecule has 21 heavy (non-hydrogen) atoms. The van der Waals surface area contributed by atoms with Crippen LogP contribution < -0.4 is 5.69 Å². The van der Waals surface area contributed by atoms with Gasteiger partial charge in [0.15, 0.2) is 0 Å². The van der Waals surface area contributed by atoms with Gasteiger partial charge in [-0.05, 0) is 30.5 Å². The monoisotopic (exact) mass is 283 g/mol. The van der Waals surface area contributed by atoms with Crippen LogP contribution in [0.25, 0.3) is 5.69 Å². The summed E-state index contributed by atoms with van der Waals surface area (Å²) in [6, 6.07) is 7.72. The number of hydrogen-bond donors (Lipinski definition) is 0. The van der Waals surface area contributed by atoms with Gasteiger partial charge in [0.25, 0.3) is 0 Å². The van der Waals surface area contributed by atoms with Crippen LogP contribution >= 0.6 is 0 Å². The molecule has 1 fully saturated rings. The van der Waals surface area contributed by atoms with E-state index in [2.05, 4.69) is 4.99 Å². The minimum absolute atomic E-state index is 0.0912. The molecule has 0 aliphatic heterocycles. The maximum atomic E-state index is 12.0. The van der Waals surface area contributed by atoms with Crippen molar-refractivity contribution < 1.29 is 4.79 Å². The van der Waals surface area contributed by atoms with Gasteiger partial charge in [0.05, 0.1) is 11.2 Å². The average Bonchev–Trinajstić information content (AvgIpc) is 3.09. The van der Waals surface area contributed by atoms with Crippen molar-refractivity contribution in [2.24, 2.45) is 12.0 Å². The van der Waals surface area contributed by atoms with Gasteiger partial charge in [0.1, 0.15) is 0 Å². The number of carbonyl (C=O) groups excluding carboxylic acids is 1. The van der Waals surface area contributed by atoms with Gasteiger partial charge in [-0.1, -0.05) is 25.0 Å². The number of aromatic nitrogens is 2. The molecule has 1 aromatic heterocycles. The molecule has 5 nitrogen and oxygen atoms in total. The van der Waals surface area contributed by atoms with E-state index in [-0.39, 0.29) is 5.69 Å². The molecule has 2 aromatic rings. The summed E-state index contributed by atoms with van der Waals surface area (Å²) in [7, 11) is 1.72. The van der Waals surface area contributed by atoms with Crippen molar-refractivity contribution in [2.75, 3.05) is 0 Å². The standard InChI is InChI=1S/C16H17N3O2/c1-18-9-10-19(15(18)21)14-6-4-5-13(11-14)16(17-12-20)7-2-3-8-16/h4-6,9-11H,2-3,7-8H2,1H3. The Bertz CT molecular complexity index is 760. The number of hydrogen-bond acceptors (Lipinski definition) is 3. The number of aryl methyl sites for hydroxylation is 1. The normalized spacial score (nSPS) is 16.6. The largest absolute Gasteiger partial charge is 0.332 e. The smallest absolute Gasteiger partial charge is 0.302 e. The van der Waals surface area contributed by atoms with Crippen molar-refractivity contribution in [3.63, 3.8) is 0 Å². The SMILES string of the molecule is Cn1ccn(-c2cccc(C3(N=C=O)CCCC3)c2)c1=O. The first-order valence-corrected chi connectivity index (χ1v) is 7.10. The van der Waals surface area contributed by atoms with Gasteiger partial charge in [-0.2, -0.15) is 4.99 Å². The topological polar surface area (TPSA) is 56.4 Å². The van der Waals surface area contributed by atoms with Crippen LogP contribution in [0.5, 0.6) is 0 Å². The van der Waals surface area contributed by atoms with Crippen LogP contribution in [0.4, 0.5) is 0 Å². The Labute approximate surface area is 122 Å². The maximum Gasteiger partial charge on any atom is 0.332 e. The maximum absolute atomic E-state index is 12.0. The summed E-state index contributed by atoms with van der Waals surface area (Å²) in [4.78, 5) is 26.9. The molecule has 5 heteroatoms. The van der Waals surface area contributed by atoms with Gasteiger partial charge < -0.3 is 4.57 Å². The van der Waals surface area contributed by atoms with Crippen LogP contribution in [0.15, 0.2) is 46.4 Å². The van der Waals surface area contributed by atoms with E-state index in [9.17, 15) is 9.59 Å². The van der Waals surface area contributed by atoms with Gasteiger partial charge in [-0.15, -0.1) is 0 Å². The molecule has 1 heterocycles. The quantitative estimate of drug-likeness (QED) is 0.641. The molecule has 108 valence electrons. The van der Waals surface area contributed by atoms with Crippen LogP contribution in [0.3, 0.4) is 0 Å². The first-order valence-electron chi connectivity index (χ1n) is 7.10. The molecule has 1 saturated carbocycles. The predicted octanol–water partition coefficient (Wildman–Crippen LogP) is 2.28. The first-order chi connectivity index (χ1) is 10.2. The van der Waals surface area contributed by atoms with Crippen molar-refractivity contribution in [1.82, 2.24) is 9.13 Å². The Morgan fingerprint density at radius 1 is 1.24 bits per heavy atom. The highest BCUT2D eigenvalue weighted by atomic mass is 16.1. The summed E-state index contributed by atoms with van der Waals surface area (Å²) < 4.78 is 3.12. The Kier molecular flexibility index (Phi) is 3.35. The van der Waals surface area contributed by atoms with Crippen LogP contribution in [0, 0.1) is 0 Å². The molecule has 0 saturated heterocycles. The molecule has 1 aromatic carbocycles. The van der Waals surface area contributed by atoms with E-state index in [0.29, 0.717) is 0 Å². The molecule has 3 rings (SSSR count). The molecule has 0 N–H and O–H groups in total. The fourth-order valence-corrected chi connectivity index (χ4v) is 3.12. The summed E-state index contributed by atoms with van der Waals surface area (Å²) in [6.45, 7) is 0. The third-order valence-electron chi connectivity index (χ3n) is 4.30. The molecule has 0 atom stereocenters. The van der Waals surface area contributed by atoms with Crippen molar-refractivity contribution in [2.45, 2.75) is 31.2 Å². The molecular formula is C16H17N3O2. The lowest BCUT2D eigenvalue weighted by Gasteiger charge is -2.23. The minimum Gasteiger partial charge on any atom is -0.302 e. The summed E-state index contributed by atoms with van der Waals surface area (Å²) in [5, 5.41) is 0.